The van der Waals surface area contributed by atoms with Crippen molar-refractivity contribution in [1.82, 2.24) is 0 Å². The minimum atomic E-state index is 0.997. The van der Waals surface area contributed by atoms with E-state index < -0.39 is 0 Å². The lowest BCUT2D eigenvalue weighted by atomic mass is 9.60. The topological polar surface area (TPSA) is 0 Å². The third kappa shape index (κ3) is 2.38. The zero-order chi connectivity index (χ0) is 13.6. The van der Waals surface area contributed by atoms with E-state index in [1.807, 2.05) is 0 Å². The normalized spacial score (nSPS) is 47.4. The first-order chi connectivity index (χ1) is 9.17. The van der Waals surface area contributed by atoms with Gasteiger partial charge in [0.1, 0.15) is 0 Å². The molecule has 0 N–H and O–H groups in total. The van der Waals surface area contributed by atoms with Gasteiger partial charge >= 0.3 is 0 Å². The Morgan fingerprint density at radius 3 is 2.37 bits per heavy atom. The molecule has 3 rings (SSSR count). The number of rotatable bonds is 6. The highest BCUT2D eigenvalue weighted by Gasteiger charge is 2.57. The van der Waals surface area contributed by atoms with Crippen LogP contribution in [0.1, 0.15) is 72.6 Å². The second-order valence-corrected chi connectivity index (χ2v) is 8.19. The van der Waals surface area contributed by atoms with Crippen molar-refractivity contribution in [3.05, 3.63) is 0 Å². The molecule has 0 heterocycles. The van der Waals surface area contributed by atoms with Crippen molar-refractivity contribution in [1.29, 1.82) is 0 Å². The summed E-state index contributed by atoms with van der Waals surface area (Å²) in [5, 5.41) is 0. The summed E-state index contributed by atoms with van der Waals surface area (Å²) in [5.41, 5.74) is 0. The Kier molecular flexibility index (Phi) is 3.98. The molecule has 0 spiro atoms. The van der Waals surface area contributed by atoms with E-state index in [-0.39, 0.29) is 0 Å². The van der Waals surface area contributed by atoms with Crippen molar-refractivity contribution in [3.8, 4) is 0 Å². The van der Waals surface area contributed by atoms with E-state index in [9.17, 15) is 0 Å². The van der Waals surface area contributed by atoms with Crippen LogP contribution in [-0.2, 0) is 0 Å². The minimum Gasteiger partial charge on any atom is -0.0654 e. The summed E-state index contributed by atoms with van der Waals surface area (Å²) in [7, 11) is 0. The zero-order valence-corrected chi connectivity index (χ0v) is 13.6. The Bertz CT molecular complexity index is 307. The molecule has 3 aliphatic rings. The van der Waals surface area contributed by atoms with E-state index in [1.54, 1.807) is 19.3 Å². The van der Waals surface area contributed by atoms with Crippen molar-refractivity contribution in [2.45, 2.75) is 72.6 Å². The van der Waals surface area contributed by atoms with Gasteiger partial charge in [-0.3, -0.25) is 0 Å². The summed E-state index contributed by atoms with van der Waals surface area (Å²) < 4.78 is 0. The van der Waals surface area contributed by atoms with Crippen molar-refractivity contribution in [2.75, 3.05) is 0 Å². The first kappa shape index (κ1) is 14.0. The quantitative estimate of drug-likeness (QED) is 0.570. The lowest BCUT2D eigenvalue weighted by Crippen LogP contribution is -2.38. The third-order valence-electron chi connectivity index (χ3n) is 7.20. The van der Waals surface area contributed by atoms with Gasteiger partial charge in [-0.25, -0.2) is 0 Å². The van der Waals surface area contributed by atoms with E-state index >= 15 is 0 Å². The molecule has 3 saturated carbocycles. The number of hydrogen-bond acceptors (Lipinski definition) is 0. The first-order valence-electron chi connectivity index (χ1n) is 9.17. The number of hydrogen-bond donors (Lipinski definition) is 0. The van der Waals surface area contributed by atoms with Crippen LogP contribution < -0.4 is 0 Å². The van der Waals surface area contributed by atoms with Crippen molar-refractivity contribution >= 4 is 0 Å². The van der Waals surface area contributed by atoms with Gasteiger partial charge in [-0.1, -0.05) is 53.4 Å². The van der Waals surface area contributed by atoms with Gasteiger partial charge in [-0.15, -0.1) is 0 Å². The van der Waals surface area contributed by atoms with Crippen LogP contribution in [0.2, 0.25) is 0 Å². The average Bonchev–Trinajstić information content (AvgIpc) is 3.04. The predicted molar refractivity (Wildman–Crippen MR) is 82.9 cm³/mol. The first-order valence-corrected chi connectivity index (χ1v) is 9.17. The smallest absolute Gasteiger partial charge is 0.0326 e. The summed E-state index contributed by atoms with van der Waals surface area (Å²) in [4.78, 5) is 0. The lowest BCUT2D eigenvalue weighted by Gasteiger charge is -2.45. The van der Waals surface area contributed by atoms with Crippen LogP contribution in [-0.4, -0.2) is 0 Å². The molecule has 3 aliphatic carbocycles. The second kappa shape index (κ2) is 5.41. The van der Waals surface area contributed by atoms with E-state index in [1.165, 1.54) is 25.7 Å². The average molecular weight is 262 g/mol. The molecule has 8 atom stereocenters. The molecule has 0 nitrogen and oxygen atoms in total. The highest BCUT2D eigenvalue weighted by atomic mass is 14.6. The molecule has 3 fully saturated rings. The predicted octanol–water partition coefficient (Wildman–Crippen LogP) is 5.77. The molecule has 0 saturated heterocycles. The summed E-state index contributed by atoms with van der Waals surface area (Å²) in [5.74, 6) is 8.69. The summed E-state index contributed by atoms with van der Waals surface area (Å²) in [6.45, 7) is 9.92. The highest BCUT2D eigenvalue weighted by molar-refractivity contribution is 5.06. The molecule has 0 aromatic rings. The van der Waals surface area contributed by atoms with Crippen molar-refractivity contribution in [3.63, 3.8) is 0 Å². The molecule has 0 radical (unpaired) electrons. The van der Waals surface area contributed by atoms with E-state index in [2.05, 4.69) is 27.7 Å². The van der Waals surface area contributed by atoms with Gasteiger partial charge in [0, 0.05) is 0 Å². The van der Waals surface area contributed by atoms with Gasteiger partial charge < -0.3 is 0 Å². The molecule has 19 heavy (non-hydrogen) atoms. The summed E-state index contributed by atoms with van der Waals surface area (Å²) in [6.07, 6.45) is 10.6. The molecule has 0 amide bonds. The molecule has 0 aromatic heterocycles. The molecule has 0 aromatic carbocycles. The standard InChI is InChI=1S/C19H34/c1-5-7-13(4)19-17-10-14(17)11-18(19)15(6-2)16-9-8-12(16)3/h12-19H,5-11H2,1-4H3. The maximum atomic E-state index is 2.57. The lowest BCUT2D eigenvalue weighted by molar-refractivity contribution is 0.0384. The molecule has 8 unspecified atom stereocenters. The fraction of sp³-hybridized carbons (Fsp3) is 1.00. The van der Waals surface area contributed by atoms with Gasteiger partial charge in [0.15, 0.2) is 0 Å². The SMILES string of the molecule is CCCC(C)C1C2CC2CC1C(CC)C1CCC1C. The van der Waals surface area contributed by atoms with E-state index in [0.717, 1.165) is 47.3 Å². The Morgan fingerprint density at radius 2 is 1.84 bits per heavy atom. The fourth-order valence-corrected chi connectivity index (χ4v) is 6.04. The van der Waals surface area contributed by atoms with Gasteiger partial charge in [0.05, 0.1) is 0 Å². The van der Waals surface area contributed by atoms with Crippen LogP contribution in [0.5, 0.6) is 0 Å². The summed E-state index contributed by atoms with van der Waals surface area (Å²) >= 11 is 0. The molecule has 0 heteroatoms. The van der Waals surface area contributed by atoms with Crippen LogP contribution in [0.4, 0.5) is 0 Å². The van der Waals surface area contributed by atoms with Gasteiger partial charge in [-0.2, -0.15) is 0 Å². The van der Waals surface area contributed by atoms with Gasteiger partial charge in [-0.05, 0) is 66.6 Å². The van der Waals surface area contributed by atoms with Gasteiger partial charge in [0.2, 0.25) is 0 Å². The molecular formula is C19H34. The van der Waals surface area contributed by atoms with E-state index in [0.29, 0.717) is 0 Å². The Hall–Kier alpha value is 0. The maximum Gasteiger partial charge on any atom is -0.0326 e. The number of fused-ring (bicyclic) bond motifs is 1. The highest BCUT2D eigenvalue weighted by Crippen LogP contribution is 2.64. The molecule has 0 bridgehead atoms. The summed E-state index contributed by atoms with van der Waals surface area (Å²) in [6, 6.07) is 0. The van der Waals surface area contributed by atoms with Crippen LogP contribution in [0, 0.1) is 47.3 Å². The van der Waals surface area contributed by atoms with Crippen molar-refractivity contribution < 1.29 is 0 Å². The van der Waals surface area contributed by atoms with Crippen LogP contribution in [0.3, 0.4) is 0 Å². The van der Waals surface area contributed by atoms with Crippen molar-refractivity contribution in [2.24, 2.45) is 47.3 Å². The van der Waals surface area contributed by atoms with Gasteiger partial charge in [0.25, 0.3) is 0 Å². The molecular weight excluding hydrogens is 228 g/mol. The van der Waals surface area contributed by atoms with Crippen LogP contribution in [0.25, 0.3) is 0 Å². The minimum absolute atomic E-state index is 0.997. The second-order valence-electron chi connectivity index (χ2n) is 8.19. The maximum absolute atomic E-state index is 2.57. The fourth-order valence-electron chi connectivity index (χ4n) is 6.04. The largest absolute Gasteiger partial charge is 0.0654 e. The van der Waals surface area contributed by atoms with E-state index in [4.69, 9.17) is 0 Å². The Labute approximate surface area is 120 Å². The van der Waals surface area contributed by atoms with Crippen LogP contribution in [0.15, 0.2) is 0 Å². The zero-order valence-electron chi connectivity index (χ0n) is 13.6. The molecule has 0 aliphatic heterocycles. The monoisotopic (exact) mass is 262 g/mol. The third-order valence-corrected chi connectivity index (χ3v) is 7.20. The molecule has 110 valence electrons. The Morgan fingerprint density at radius 1 is 1.05 bits per heavy atom. The van der Waals surface area contributed by atoms with Crippen LogP contribution >= 0.6 is 0 Å². The Balaban J connectivity index is 1.70.